The van der Waals surface area contributed by atoms with Crippen LogP contribution in [-0.2, 0) is 0 Å². The average Bonchev–Trinajstić information content (AvgIpc) is 2.15. The molecule has 4 N–H and O–H groups in total. The number of anilines is 1. The first kappa shape index (κ1) is 10.8. The Morgan fingerprint density at radius 3 is 2.36 bits per heavy atom. The molecule has 5 heteroatoms. The van der Waals surface area contributed by atoms with E-state index in [4.69, 9.17) is 23.1 Å². The molecule has 2 amide bonds. The molecule has 0 aliphatic carbocycles. The van der Waals surface area contributed by atoms with Crippen molar-refractivity contribution < 1.29 is 4.79 Å². The molecule has 0 unspecified atom stereocenters. The SMILES string of the molecule is NCCN(C(N)=O)c1ccc(Cl)cc1. The van der Waals surface area contributed by atoms with Gasteiger partial charge in [0.25, 0.3) is 0 Å². The van der Waals surface area contributed by atoms with Crippen LogP contribution in [0.25, 0.3) is 0 Å². The van der Waals surface area contributed by atoms with E-state index in [0.717, 1.165) is 0 Å². The zero-order valence-corrected chi connectivity index (χ0v) is 8.37. The minimum atomic E-state index is -0.516. The average molecular weight is 214 g/mol. The molecule has 0 atom stereocenters. The topological polar surface area (TPSA) is 72.3 Å². The first-order chi connectivity index (χ1) is 6.65. The first-order valence-electron chi connectivity index (χ1n) is 4.17. The number of nitrogens with two attached hydrogens (primary N) is 2. The van der Waals surface area contributed by atoms with E-state index in [-0.39, 0.29) is 0 Å². The van der Waals surface area contributed by atoms with Crippen LogP contribution in [0.1, 0.15) is 0 Å². The van der Waals surface area contributed by atoms with Crippen molar-refractivity contribution in [2.75, 3.05) is 18.0 Å². The summed E-state index contributed by atoms with van der Waals surface area (Å²) in [4.78, 5) is 12.4. The molecular weight excluding hydrogens is 202 g/mol. The molecule has 14 heavy (non-hydrogen) atoms. The first-order valence-corrected chi connectivity index (χ1v) is 4.55. The largest absolute Gasteiger partial charge is 0.351 e. The normalized spacial score (nSPS) is 9.86. The molecule has 0 aliphatic rings. The van der Waals surface area contributed by atoms with Crippen LogP contribution < -0.4 is 16.4 Å². The fourth-order valence-corrected chi connectivity index (χ4v) is 1.24. The van der Waals surface area contributed by atoms with Crippen molar-refractivity contribution in [3.63, 3.8) is 0 Å². The van der Waals surface area contributed by atoms with Crippen molar-refractivity contribution >= 4 is 23.3 Å². The summed E-state index contributed by atoms with van der Waals surface area (Å²) < 4.78 is 0. The van der Waals surface area contributed by atoms with Gasteiger partial charge in [-0.2, -0.15) is 0 Å². The summed E-state index contributed by atoms with van der Waals surface area (Å²) in [6, 6.07) is 6.33. The number of amides is 2. The summed E-state index contributed by atoms with van der Waals surface area (Å²) in [5, 5.41) is 0.617. The number of carbonyl (C=O) groups excluding carboxylic acids is 1. The van der Waals surface area contributed by atoms with Crippen molar-refractivity contribution in [3.8, 4) is 0 Å². The predicted octanol–water partition coefficient (Wildman–Crippen LogP) is 1.18. The summed E-state index contributed by atoms with van der Waals surface area (Å²) in [7, 11) is 0. The lowest BCUT2D eigenvalue weighted by Crippen LogP contribution is -2.39. The number of hydrogen-bond acceptors (Lipinski definition) is 2. The Bertz CT molecular complexity index is 312. The highest BCUT2D eigenvalue weighted by molar-refractivity contribution is 6.30. The summed E-state index contributed by atoms with van der Waals surface area (Å²) in [5.74, 6) is 0. The Kier molecular flexibility index (Phi) is 3.73. The Morgan fingerprint density at radius 1 is 1.36 bits per heavy atom. The number of rotatable bonds is 3. The van der Waals surface area contributed by atoms with Gasteiger partial charge in [0.15, 0.2) is 0 Å². The lowest BCUT2D eigenvalue weighted by molar-refractivity contribution is 0.254. The van der Waals surface area contributed by atoms with E-state index in [1.54, 1.807) is 24.3 Å². The lowest BCUT2D eigenvalue weighted by Gasteiger charge is -2.19. The Morgan fingerprint density at radius 2 is 1.93 bits per heavy atom. The van der Waals surface area contributed by atoms with E-state index >= 15 is 0 Å². The summed E-state index contributed by atoms with van der Waals surface area (Å²) in [6.07, 6.45) is 0. The van der Waals surface area contributed by atoms with Gasteiger partial charge in [0, 0.05) is 23.8 Å². The number of halogens is 1. The molecule has 0 bridgehead atoms. The second kappa shape index (κ2) is 4.83. The van der Waals surface area contributed by atoms with Crippen LogP contribution in [0.2, 0.25) is 5.02 Å². The van der Waals surface area contributed by atoms with Gasteiger partial charge < -0.3 is 11.5 Å². The van der Waals surface area contributed by atoms with Gasteiger partial charge in [-0.15, -0.1) is 0 Å². The summed E-state index contributed by atoms with van der Waals surface area (Å²) in [5.41, 5.74) is 11.3. The van der Waals surface area contributed by atoms with Crippen molar-refractivity contribution in [1.29, 1.82) is 0 Å². The zero-order valence-electron chi connectivity index (χ0n) is 7.61. The minimum absolute atomic E-state index is 0.367. The van der Waals surface area contributed by atoms with Gasteiger partial charge in [-0.05, 0) is 24.3 Å². The molecule has 0 spiro atoms. The van der Waals surface area contributed by atoms with Crippen molar-refractivity contribution in [2.24, 2.45) is 11.5 Å². The van der Waals surface area contributed by atoms with Crippen LogP contribution >= 0.6 is 11.6 Å². The van der Waals surface area contributed by atoms with E-state index in [2.05, 4.69) is 0 Å². The highest BCUT2D eigenvalue weighted by Gasteiger charge is 2.10. The quantitative estimate of drug-likeness (QED) is 0.792. The second-order valence-electron chi connectivity index (χ2n) is 2.75. The monoisotopic (exact) mass is 213 g/mol. The molecule has 1 aromatic carbocycles. The number of carbonyl (C=O) groups is 1. The van der Waals surface area contributed by atoms with Gasteiger partial charge in [0.1, 0.15) is 0 Å². The van der Waals surface area contributed by atoms with Gasteiger partial charge in [-0.3, -0.25) is 4.90 Å². The van der Waals surface area contributed by atoms with Crippen LogP contribution in [0, 0.1) is 0 Å². The number of primary amides is 1. The lowest BCUT2D eigenvalue weighted by atomic mass is 10.3. The molecule has 0 aromatic heterocycles. The summed E-state index contributed by atoms with van der Waals surface area (Å²) >= 11 is 5.71. The smallest absolute Gasteiger partial charge is 0.319 e. The molecular formula is C9H12ClN3O. The molecule has 0 heterocycles. The van der Waals surface area contributed by atoms with E-state index < -0.39 is 6.03 Å². The van der Waals surface area contributed by atoms with E-state index in [9.17, 15) is 4.79 Å². The maximum atomic E-state index is 11.0. The Balaban J connectivity index is 2.87. The molecule has 1 rings (SSSR count). The van der Waals surface area contributed by atoms with Gasteiger partial charge in [0.2, 0.25) is 0 Å². The third-order valence-electron chi connectivity index (χ3n) is 1.76. The summed E-state index contributed by atoms with van der Waals surface area (Å²) in [6.45, 7) is 0.766. The molecule has 0 saturated carbocycles. The van der Waals surface area contributed by atoms with Gasteiger partial charge in [0.05, 0.1) is 0 Å². The molecule has 0 fully saturated rings. The van der Waals surface area contributed by atoms with Crippen LogP contribution in [-0.4, -0.2) is 19.1 Å². The van der Waals surface area contributed by atoms with Crippen LogP contribution in [0.3, 0.4) is 0 Å². The van der Waals surface area contributed by atoms with Crippen LogP contribution in [0.4, 0.5) is 10.5 Å². The Hall–Kier alpha value is -1.26. The standard InChI is InChI=1S/C9H12ClN3O/c10-7-1-3-8(4-2-7)13(6-5-11)9(12)14/h1-4H,5-6,11H2,(H2,12,14). The van der Waals surface area contributed by atoms with E-state index in [1.807, 2.05) is 0 Å². The maximum absolute atomic E-state index is 11.0. The highest BCUT2D eigenvalue weighted by atomic mass is 35.5. The molecule has 0 radical (unpaired) electrons. The van der Waals surface area contributed by atoms with Gasteiger partial charge in [-0.25, -0.2) is 4.79 Å². The fraction of sp³-hybridized carbons (Fsp3) is 0.222. The zero-order chi connectivity index (χ0) is 10.6. The van der Waals surface area contributed by atoms with Gasteiger partial charge in [-0.1, -0.05) is 11.6 Å². The molecule has 1 aromatic rings. The van der Waals surface area contributed by atoms with E-state index in [0.29, 0.717) is 23.8 Å². The predicted molar refractivity (Wildman–Crippen MR) is 57.4 cm³/mol. The van der Waals surface area contributed by atoms with Crippen LogP contribution in [0.15, 0.2) is 24.3 Å². The third kappa shape index (κ3) is 2.61. The molecule has 0 aliphatic heterocycles. The minimum Gasteiger partial charge on any atom is -0.351 e. The number of hydrogen-bond donors (Lipinski definition) is 2. The van der Waals surface area contributed by atoms with Crippen LogP contribution in [0.5, 0.6) is 0 Å². The third-order valence-corrected chi connectivity index (χ3v) is 2.01. The molecule has 0 saturated heterocycles. The highest BCUT2D eigenvalue weighted by Crippen LogP contribution is 2.17. The maximum Gasteiger partial charge on any atom is 0.319 e. The Labute approximate surface area is 87.4 Å². The number of nitrogens with zero attached hydrogens (tertiary/aromatic N) is 1. The number of benzene rings is 1. The second-order valence-corrected chi connectivity index (χ2v) is 3.19. The van der Waals surface area contributed by atoms with Crippen molar-refractivity contribution in [1.82, 2.24) is 0 Å². The van der Waals surface area contributed by atoms with Gasteiger partial charge >= 0.3 is 6.03 Å². The number of urea groups is 1. The van der Waals surface area contributed by atoms with E-state index in [1.165, 1.54) is 4.90 Å². The molecule has 4 nitrogen and oxygen atoms in total. The van der Waals surface area contributed by atoms with Crippen molar-refractivity contribution in [3.05, 3.63) is 29.3 Å². The van der Waals surface area contributed by atoms with Crippen molar-refractivity contribution in [2.45, 2.75) is 0 Å². The molecule has 76 valence electrons. The fourth-order valence-electron chi connectivity index (χ4n) is 1.12.